The first-order valence-electron chi connectivity index (χ1n) is 6.79. The molecule has 1 aliphatic rings. The van der Waals surface area contributed by atoms with Gasteiger partial charge in [0.05, 0.1) is 11.5 Å². The van der Waals surface area contributed by atoms with Gasteiger partial charge < -0.3 is 10.6 Å². The Morgan fingerprint density at radius 2 is 1.68 bits per heavy atom. The Bertz CT molecular complexity index is 308. The Kier molecular flexibility index (Phi) is 5.24. The van der Waals surface area contributed by atoms with E-state index in [1.54, 1.807) is 13.8 Å². The van der Waals surface area contributed by atoms with Crippen molar-refractivity contribution in [3.63, 3.8) is 0 Å². The molecule has 0 radical (unpaired) electrons. The molecule has 0 heterocycles. The van der Waals surface area contributed by atoms with E-state index in [1.165, 1.54) is 0 Å². The molecule has 2 N–H and O–H groups in total. The maximum atomic E-state index is 12.5. The van der Waals surface area contributed by atoms with Gasteiger partial charge in [-0.1, -0.05) is 6.92 Å². The first kappa shape index (κ1) is 16.3. The number of likely N-dealkylation sites (N-methyl/N-ethyl adjacent to an activating group) is 1. The molecule has 0 bridgehead atoms. The van der Waals surface area contributed by atoms with Gasteiger partial charge in [-0.3, -0.25) is 4.79 Å². The second kappa shape index (κ2) is 6.11. The van der Waals surface area contributed by atoms with Crippen LogP contribution in [0, 0.1) is 5.92 Å². The molecule has 112 valence electrons. The molecule has 19 heavy (non-hydrogen) atoms. The van der Waals surface area contributed by atoms with Crippen LogP contribution in [-0.4, -0.2) is 30.2 Å². The zero-order valence-electron chi connectivity index (χ0n) is 11.7. The van der Waals surface area contributed by atoms with E-state index in [9.17, 15) is 18.0 Å². The third-order valence-electron chi connectivity index (χ3n) is 3.71. The summed E-state index contributed by atoms with van der Waals surface area (Å²) in [6.07, 6.45) is -3.08. The van der Waals surface area contributed by atoms with E-state index in [2.05, 4.69) is 10.6 Å². The summed E-state index contributed by atoms with van der Waals surface area (Å²) in [5.41, 5.74) is -0.685. The molecular weight excluding hydrogens is 257 g/mol. The van der Waals surface area contributed by atoms with Crippen LogP contribution in [0.3, 0.4) is 0 Å². The van der Waals surface area contributed by atoms with Crippen molar-refractivity contribution in [1.29, 1.82) is 0 Å². The number of halogens is 3. The monoisotopic (exact) mass is 280 g/mol. The van der Waals surface area contributed by atoms with Gasteiger partial charge in [0.1, 0.15) is 0 Å². The van der Waals surface area contributed by atoms with Crippen LogP contribution in [0.15, 0.2) is 0 Å². The molecule has 1 saturated carbocycles. The molecule has 0 saturated heterocycles. The van der Waals surface area contributed by atoms with Crippen molar-refractivity contribution in [2.24, 2.45) is 5.92 Å². The van der Waals surface area contributed by atoms with Gasteiger partial charge in [-0.15, -0.1) is 0 Å². The van der Waals surface area contributed by atoms with Crippen LogP contribution in [0.4, 0.5) is 13.2 Å². The molecule has 0 atom stereocenters. The number of hydrogen-bond acceptors (Lipinski definition) is 2. The maximum Gasteiger partial charge on any atom is 0.391 e. The Morgan fingerprint density at radius 3 is 2.11 bits per heavy atom. The second-order valence-electron chi connectivity index (χ2n) is 5.72. The third kappa shape index (κ3) is 4.67. The summed E-state index contributed by atoms with van der Waals surface area (Å²) in [5.74, 6) is -1.35. The van der Waals surface area contributed by atoms with Crippen molar-refractivity contribution in [3.8, 4) is 0 Å². The van der Waals surface area contributed by atoms with Crippen molar-refractivity contribution in [1.82, 2.24) is 10.6 Å². The third-order valence-corrected chi connectivity index (χ3v) is 3.71. The van der Waals surface area contributed by atoms with Crippen LogP contribution in [0.5, 0.6) is 0 Å². The normalized spacial score (nSPS) is 25.2. The smallest absolute Gasteiger partial charge is 0.352 e. The highest BCUT2D eigenvalue weighted by Crippen LogP contribution is 2.37. The molecule has 6 heteroatoms. The van der Waals surface area contributed by atoms with Gasteiger partial charge in [0.25, 0.3) is 0 Å². The number of carbonyl (C=O) groups excluding carboxylic acids is 1. The fourth-order valence-electron chi connectivity index (χ4n) is 2.45. The Morgan fingerprint density at radius 1 is 1.16 bits per heavy atom. The Balaban J connectivity index is 2.43. The zero-order chi connectivity index (χ0) is 14.7. The van der Waals surface area contributed by atoms with Crippen molar-refractivity contribution in [2.45, 2.75) is 64.2 Å². The van der Waals surface area contributed by atoms with E-state index in [4.69, 9.17) is 0 Å². The molecule has 0 spiro atoms. The Labute approximate surface area is 112 Å². The minimum atomic E-state index is -4.10. The van der Waals surface area contributed by atoms with E-state index in [1.807, 2.05) is 6.92 Å². The minimum Gasteiger partial charge on any atom is -0.352 e. The van der Waals surface area contributed by atoms with E-state index in [-0.39, 0.29) is 24.8 Å². The summed E-state index contributed by atoms with van der Waals surface area (Å²) in [6.45, 7) is 6.12. The summed E-state index contributed by atoms with van der Waals surface area (Å²) < 4.78 is 37.6. The van der Waals surface area contributed by atoms with Crippen molar-refractivity contribution in [3.05, 3.63) is 0 Å². The first-order chi connectivity index (χ1) is 8.66. The molecule has 1 fully saturated rings. The van der Waals surface area contributed by atoms with Crippen LogP contribution in [0.1, 0.15) is 46.5 Å². The highest BCUT2D eigenvalue weighted by Gasteiger charge is 2.42. The number of carbonyl (C=O) groups is 1. The number of hydrogen-bond donors (Lipinski definition) is 2. The van der Waals surface area contributed by atoms with Crippen molar-refractivity contribution < 1.29 is 18.0 Å². The molecule has 1 aliphatic carbocycles. The molecule has 1 amide bonds. The molecule has 0 aromatic rings. The maximum absolute atomic E-state index is 12.5. The van der Waals surface area contributed by atoms with Gasteiger partial charge in [0.15, 0.2) is 0 Å². The van der Waals surface area contributed by atoms with Crippen LogP contribution < -0.4 is 10.6 Å². The van der Waals surface area contributed by atoms with Crippen molar-refractivity contribution >= 4 is 5.91 Å². The van der Waals surface area contributed by atoms with E-state index in [0.717, 1.165) is 0 Å². The first-order valence-corrected chi connectivity index (χ1v) is 6.79. The van der Waals surface area contributed by atoms with Gasteiger partial charge in [0.2, 0.25) is 5.91 Å². The number of nitrogens with one attached hydrogen (secondary N) is 2. The van der Waals surface area contributed by atoms with Gasteiger partial charge >= 0.3 is 6.18 Å². The molecular formula is C13H23F3N2O. The zero-order valence-corrected chi connectivity index (χ0v) is 11.7. The average molecular weight is 280 g/mol. The number of amides is 1. The highest BCUT2D eigenvalue weighted by molar-refractivity contribution is 5.85. The molecule has 1 rings (SSSR count). The lowest BCUT2D eigenvalue weighted by molar-refractivity contribution is -0.182. The molecule has 0 aromatic heterocycles. The van der Waals surface area contributed by atoms with Gasteiger partial charge in [-0.05, 0) is 46.1 Å². The lowest BCUT2D eigenvalue weighted by Gasteiger charge is -2.33. The topological polar surface area (TPSA) is 41.1 Å². The summed E-state index contributed by atoms with van der Waals surface area (Å²) in [5, 5.41) is 5.90. The lowest BCUT2D eigenvalue weighted by atomic mass is 9.85. The van der Waals surface area contributed by atoms with Gasteiger partial charge in [0, 0.05) is 6.04 Å². The average Bonchev–Trinajstić information content (AvgIpc) is 2.28. The number of alkyl halides is 3. The predicted molar refractivity (Wildman–Crippen MR) is 67.7 cm³/mol. The predicted octanol–water partition coefficient (Wildman–Crippen LogP) is 2.61. The van der Waals surface area contributed by atoms with Crippen LogP contribution in [0.25, 0.3) is 0 Å². The minimum absolute atomic E-state index is 0.107. The SMILES string of the molecule is CCNC(C)(C)C(=O)NC1CCC(C(F)(F)F)CC1. The second-order valence-corrected chi connectivity index (χ2v) is 5.72. The number of rotatable bonds is 4. The van der Waals surface area contributed by atoms with E-state index < -0.39 is 17.6 Å². The van der Waals surface area contributed by atoms with Crippen LogP contribution in [0.2, 0.25) is 0 Å². The van der Waals surface area contributed by atoms with Crippen LogP contribution in [-0.2, 0) is 4.79 Å². The molecule has 0 aliphatic heterocycles. The standard InChI is InChI=1S/C13H23F3N2O/c1-4-17-12(2,3)11(19)18-10-7-5-9(6-8-10)13(14,15)16/h9-10,17H,4-8H2,1-3H3,(H,18,19). The Hall–Kier alpha value is -0.780. The summed E-state index contributed by atoms with van der Waals surface area (Å²) in [6, 6.07) is -0.135. The molecule has 0 unspecified atom stereocenters. The summed E-state index contributed by atoms with van der Waals surface area (Å²) in [4.78, 5) is 12.0. The van der Waals surface area contributed by atoms with Crippen molar-refractivity contribution in [2.75, 3.05) is 6.54 Å². The highest BCUT2D eigenvalue weighted by atomic mass is 19.4. The van der Waals surface area contributed by atoms with Gasteiger partial charge in [-0.2, -0.15) is 13.2 Å². The molecule has 3 nitrogen and oxygen atoms in total. The van der Waals surface area contributed by atoms with E-state index >= 15 is 0 Å². The fraction of sp³-hybridized carbons (Fsp3) is 0.923. The fourth-order valence-corrected chi connectivity index (χ4v) is 2.45. The largest absolute Gasteiger partial charge is 0.391 e. The van der Waals surface area contributed by atoms with E-state index in [0.29, 0.717) is 19.4 Å². The van der Waals surface area contributed by atoms with Gasteiger partial charge in [-0.25, -0.2) is 0 Å². The molecule has 0 aromatic carbocycles. The lowest BCUT2D eigenvalue weighted by Crippen LogP contribution is -2.55. The summed E-state index contributed by atoms with van der Waals surface area (Å²) >= 11 is 0. The quantitative estimate of drug-likeness (QED) is 0.831. The van der Waals surface area contributed by atoms with Crippen LogP contribution >= 0.6 is 0 Å². The summed E-state index contributed by atoms with van der Waals surface area (Å²) in [7, 11) is 0.